The lowest BCUT2D eigenvalue weighted by Crippen LogP contribution is -2.52. The van der Waals surface area contributed by atoms with Gasteiger partial charge in [0, 0.05) is 37.6 Å². The number of nitrogens with zero attached hydrogens (tertiary/aromatic N) is 8. The molecule has 0 radical (unpaired) electrons. The third-order valence-corrected chi connectivity index (χ3v) is 9.39. The van der Waals surface area contributed by atoms with Crippen molar-refractivity contribution in [3.05, 3.63) is 35.0 Å². The molecular formula is C26H32N10S. The average Bonchev–Trinajstić information content (AvgIpc) is 3.70. The van der Waals surface area contributed by atoms with Crippen LogP contribution in [0, 0.1) is 25.7 Å². The van der Waals surface area contributed by atoms with Gasteiger partial charge in [-0.3, -0.25) is 4.90 Å². The molecule has 192 valence electrons. The van der Waals surface area contributed by atoms with E-state index >= 15 is 0 Å². The van der Waals surface area contributed by atoms with E-state index in [1.54, 1.807) is 11.3 Å². The van der Waals surface area contributed by atoms with E-state index in [0.717, 1.165) is 76.9 Å². The molecule has 37 heavy (non-hydrogen) atoms. The van der Waals surface area contributed by atoms with E-state index in [1.165, 1.54) is 30.4 Å². The normalized spacial score (nSPS) is 23.8. The van der Waals surface area contributed by atoms with Crippen LogP contribution in [0.4, 0.5) is 23.4 Å². The Morgan fingerprint density at radius 3 is 2.68 bits per heavy atom. The van der Waals surface area contributed by atoms with Crippen LogP contribution in [-0.4, -0.2) is 67.1 Å². The van der Waals surface area contributed by atoms with Crippen molar-refractivity contribution in [3.8, 4) is 5.82 Å². The molecule has 0 aromatic carbocycles. The molecule has 11 heteroatoms. The minimum absolute atomic E-state index is 0.255. The minimum Gasteiger partial charge on any atom is -0.368 e. The molecule has 4 aromatic rings. The molecule has 5 heterocycles. The summed E-state index contributed by atoms with van der Waals surface area (Å²) in [5.74, 6) is 4.24. The van der Waals surface area contributed by atoms with Crippen molar-refractivity contribution >= 4 is 44.8 Å². The molecule has 3 aliphatic rings. The zero-order chi connectivity index (χ0) is 25.1. The van der Waals surface area contributed by atoms with Crippen molar-refractivity contribution in [1.29, 1.82) is 0 Å². The maximum atomic E-state index is 6.21. The Kier molecular flexibility index (Phi) is 5.51. The van der Waals surface area contributed by atoms with Crippen LogP contribution in [0.5, 0.6) is 0 Å². The fourth-order valence-corrected chi connectivity index (χ4v) is 7.60. The molecule has 3 atom stereocenters. The van der Waals surface area contributed by atoms with Crippen molar-refractivity contribution in [3.63, 3.8) is 0 Å². The zero-order valence-corrected chi connectivity index (χ0v) is 22.1. The second-order valence-corrected chi connectivity index (χ2v) is 11.6. The Balaban J connectivity index is 1.04. The van der Waals surface area contributed by atoms with Crippen LogP contribution in [-0.2, 0) is 0 Å². The largest absolute Gasteiger partial charge is 0.368 e. The molecule has 1 saturated heterocycles. The van der Waals surface area contributed by atoms with E-state index in [0.29, 0.717) is 11.8 Å². The number of aryl methyl sites for hydroxylation is 2. The van der Waals surface area contributed by atoms with Crippen LogP contribution in [0.2, 0.25) is 0 Å². The number of piperazine rings is 1. The third-order valence-electron chi connectivity index (χ3n) is 8.48. The Bertz CT molecular complexity index is 1450. The van der Waals surface area contributed by atoms with Crippen LogP contribution in [0.1, 0.15) is 36.9 Å². The first-order valence-corrected chi connectivity index (χ1v) is 14.1. The van der Waals surface area contributed by atoms with Gasteiger partial charge in [-0.2, -0.15) is 14.8 Å². The van der Waals surface area contributed by atoms with Crippen molar-refractivity contribution in [2.24, 2.45) is 11.8 Å². The number of nitrogens with one attached hydrogen (secondary N) is 1. The molecule has 7 rings (SSSR count). The SMILES string of the molecule is Cc1cc(Nc2nc(N)n(-c3nnc(C)c4ccsc34)n2)cnc1N1CCN([C@H]2C[C@@H]3CC[C@H]2C3)CC1. The van der Waals surface area contributed by atoms with E-state index in [9.17, 15) is 0 Å². The molecule has 2 aliphatic carbocycles. The number of hydrogen-bond donors (Lipinski definition) is 2. The second kappa shape index (κ2) is 8.91. The summed E-state index contributed by atoms with van der Waals surface area (Å²) >= 11 is 1.59. The lowest BCUT2D eigenvalue weighted by Gasteiger charge is -2.41. The van der Waals surface area contributed by atoms with Gasteiger partial charge in [0.15, 0.2) is 5.82 Å². The highest BCUT2D eigenvalue weighted by Crippen LogP contribution is 2.46. The second-order valence-electron chi connectivity index (χ2n) is 10.7. The van der Waals surface area contributed by atoms with Crippen LogP contribution >= 0.6 is 11.3 Å². The smallest absolute Gasteiger partial charge is 0.248 e. The van der Waals surface area contributed by atoms with Crippen molar-refractivity contribution in [1.82, 2.24) is 34.8 Å². The van der Waals surface area contributed by atoms with Gasteiger partial charge < -0.3 is 16.0 Å². The van der Waals surface area contributed by atoms with Crippen molar-refractivity contribution in [2.75, 3.05) is 42.1 Å². The van der Waals surface area contributed by atoms with Gasteiger partial charge in [0.05, 0.1) is 22.3 Å². The Morgan fingerprint density at radius 2 is 1.92 bits per heavy atom. The van der Waals surface area contributed by atoms with Crippen LogP contribution in [0.15, 0.2) is 23.7 Å². The van der Waals surface area contributed by atoms with Crippen molar-refractivity contribution in [2.45, 2.75) is 45.6 Å². The Labute approximate surface area is 219 Å². The van der Waals surface area contributed by atoms with Gasteiger partial charge >= 0.3 is 0 Å². The number of fused-ring (bicyclic) bond motifs is 3. The first-order chi connectivity index (χ1) is 18.0. The first kappa shape index (κ1) is 22.9. The fraction of sp³-hybridized carbons (Fsp3) is 0.500. The monoisotopic (exact) mass is 516 g/mol. The molecule has 0 spiro atoms. The molecule has 4 aromatic heterocycles. The zero-order valence-electron chi connectivity index (χ0n) is 21.3. The maximum absolute atomic E-state index is 6.21. The first-order valence-electron chi connectivity index (χ1n) is 13.2. The van der Waals surface area contributed by atoms with Gasteiger partial charge in [0.1, 0.15) is 5.82 Å². The van der Waals surface area contributed by atoms with E-state index in [4.69, 9.17) is 10.7 Å². The number of rotatable bonds is 5. The molecule has 2 saturated carbocycles. The number of nitrogens with two attached hydrogens (primary N) is 1. The van der Waals surface area contributed by atoms with E-state index < -0.39 is 0 Å². The van der Waals surface area contributed by atoms with Gasteiger partial charge in [-0.1, -0.05) is 6.42 Å². The minimum atomic E-state index is 0.255. The number of anilines is 4. The maximum Gasteiger partial charge on any atom is 0.248 e. The highest BCUT2D eigenvalue weighted by atomic mass is 32.1. The Morgan fingerprint density at radius 1 is 1.05 bits per heavy atom. The summed E-state index contributed by atoms with van der Waals surface area (Å²) in [6.45, 7) is 8.40. The molecule has 10 nitrogen and oxygen atoms in total. The molecule has 0 unspecified atom stereocenters. The number of thiophene rings is 1. The summed E-state index contributed by atoms with van der Waals surface area (Å²) in [5, 5.41) is 19.5. The predicted molar refractivity (Wildman–Crippen MR) is 147 cm³/mol. The summed E-state index contributed by atoms with van der Waals surface area (Å²) < 4.78 is 2.52. The van der Waals surface area contributed by atoms with Gasteiger partial charge in [0.25, 0.3) is 0 Å². The van der Waals surface area contributed by atoms with Gasteiger partial charge in [-0.05, 0) is 68.0 Å². The number of pyridine rings is 1. The Hall–Kier alpha value is -3.31. The molecule has 0 amide bonds. The number of hydrogen-bond acceptors (Lipinski definition) is 10. The predicted octanol–water partition coefficient (Wildman–Crippen LogP) is 3.92. The molecule has 2 bridgehead atoms. The average molecular weight is 517 g/mol. The van der Waals surface area contributed by atoms with Crippen LogP contribution in [0.25, 0.3) is 15.9 Å². The van der Waals surface area contributed by atoms with E-state index in [-0.39, 0.29) is 5.95 Å². The topological polar surface area (TPSA) is 114 Å². The van der Waals surface area contributed by atoms with E-state index in [2.05, 4.69) is 48.4 Å². The molecule has 3 N–H and O–H groups in total. The van der Waals surface area contributed by atoms with Crippen LogP contribution < -0.4 is 16.0 Å². The molecule has 3 fully saturated rings. The lowest BCUT2D eigenvalue weighted by atomic mass is 9.93. The summed E-state index contributed by atoms with van der Waals surface area (Å²) in [6, 6.07) is 4.96. The lowest BCUT2D eigenvalue weighted by molar-refractivity contribution is 0.134. The van der Waals surface area contributed by atoms with E-state index in [1.807, 2.05) is 24.6 Å². The number of aromatic nitrogens is 6. The summed E-state index contributed by atoms with van der Waals surface area (Å²) in [7, 11) is 0. The summed E-state index contributed by atoms with van der Waals surface area (Å²) in [4.78, 5) is 14.4. The highest BCUT2D eigenvalue weighted by Gasteiger charge is 2.42. The standard InChI is InChI=1S/C26H32N10S/c1-15-11-19(14-28-23(15)35-8-6-34(7-9-35)21-13-17-3-4-18(21)12-17)29-26-30-25(27)36(33-26)24-22-20(5-10-37-22)16(2)31-32-24/h5,10-11,14,17-18,21H,3-4,6-9,12-13H2,1-2H3,(H3,27,29,30,33)/t17-,18+,21+/m1/s1. The summed E-state index contributed by atoms with van der Waals surface area (Å²) in [6.07, 6.45) is 7.65. The molecule has 1 aliphatic heterocycles. The van der Waals surface area contributed by atoms with Crippen molar-refractivity contribution < 1.29 is 0 Å². The highest BCUT2D eigenvalue weighted by molar-refractivity contribution is 7.17. The van der Waals surface area contributed by atoms with Crippen LogP contribution in [0.3, 0.4) is 0 Å². The third kappa shape index (κ3) is 4.00. The quantitative estimate of drug-likeness (QED) is 0.407. The number of nitrogen functional groups attached to an aromatic ring is 1. The summed E-state index contributed by atoms with van der Waals surface area (Å²) in [5.41, 5.74) is 9.06. The fourth-order valence-electron chi connectivity index (χ4n) is 6.68. The molecular weight excluding hydrogens is 484 g/mol. The van der Waals surface area contributed by atoms with Gasteiger partial charge in [-0.15, -0.1) is 21.5 Å². The van der Waals surface area contributed by atoms with Gasteiger partial charge in [0.2, 0.25) is 11.9 Å². The van der Waals surface area contributed by atoms with Gasteiger partial charge in [-0.25, -0.2) is 4.98 Å².